The number of ether oxygens (including phenoxy) is 1. The first-order valence-corrected chi connectivity index (χ1v) is 9.68. The third-order valence-corrected chi connectivity index (χ3v) is 4.63. The van der Waals surface area contributed by atoms with Crippen molar-refractivity contribution < 1.29 is 23.1 Å². The highest BCUT2D eigenvalue weighted by atomic mass is 19.2. The van der Waals surface area contributed by atoms with Crippen LogP contribution in [0.15, 0.2) is 24.3 Å². The average Bonchev–Trinajstić information content (AvgIpc) is 2.62. The largest absolute Gasteiger partial charge is 0.463 e. The molecule has 1 aromatic carbocycles. The number of carbonyl (C=O) groups is 2. The predicted octanol–water partition coefficient (Wildman–Crippen LogP) is 4.36. The number of aryl methyl sites for hydroxylation is 1. The Morgan fingerprint density at radius 2 is 1.93 bits per heavy atom. The molecule has 1 atom stereocenters. The summed E-state index contributed by atoms with van der Waals surface area (Å²) in [5, 5.41) is 2.80. The lowest BCUT2D eigenvalue weighted by atomic mass is 9.92. The zero-order chi connectivity index (χ0) is 22.2. The highest BCUT2D eigenvalue weighted by Crippen LogP contribution is 2.36. The van der Waals surface area contributed by atoms with Gasteiger partial charge in [0.15, 0.2) is 17.7 Å². The zero-order valence-electron chi connectivity index (χ0n) is 17.7. The molecule has 0 bridgehead atoms. The van der Waals surface area contributed by atoms with Gasteiger partial charge in [0.25, 0.3) is 5.91 Å². The summed E-state index contributed by atoms with van der Waals surface area (Å²) in [5.74, 6) is -1.87. The number of carbonyl (C=O) groups excluding carboxylic acids is 2. The Labute approximate surface area is 174 Å². The molecule has 8 heteroatoms. The molecular weight excluding hydrogens is 392 g/mol. The van der Waals surface area contributed by atoms with Crippen LogP contribution in [0.1, 0.15) is 45.2 Å². The molecule has 0 saturated heterocycles. The van der Waals surface area contributed by atoms with Crippen LogP contribution in [0, 0.1) is 24.0 Å². The summed E-state index contributed by atoms with van der Waals surface area (Å²) < 4.78 is 32.5. The number of amides is 2. The summed E-state index contributed by atoms with van der Waals surface area (Å²) in [5.41, 5.74) is 1.32. The fraction of sp³-hybridized carbons (Fsp3) is 0.409. The topological polar surface area (TPSA) is 71.5 Å². The molecule has 0 saturated carbocycles. The lowest BCUT2D eigenvalue weighted by Crippen LogP contribution is -2.44. The summed E-state index contributed by atoms with van der Waals surface area (Å²) in [6.07, 6.45) is -0.487. The normalized spacial score (nSPS) is 16.2. The Morgan fingerprint density at radius 1 is 1.23 bits per heavy atom. The average molecular weight is 417 g/mol. The second-order valence-electron chi connectivity index (χ2n) is 8.70. The van der Waals surface area contributed by atoms with Crippen LogP contribution in [0.4, 0.5) is 20.3 Å². The number of benzene rings is 1. The van der Waals surface area contributed by atoms with Gasteiger partial charge in [0, 0.05) is 6.42 Å². The van der Waals surface area contributed by atoms with Crippen LogP contribution in [0.5, 0.6) is 5.88 Å². The van der Waals surface area contributed by atoms with Gasteiger partial charge in [0.05, 0.1) is 6.54 Å². The first-order chi connectivity index (χ1) is 13.9. The van der Waals surface area contributed by atoms with Crippen molar-refractivity contribution in [1.82, 2.24) is 4.98 Å². The van der Waals surface area contributed by atoms with E-state index in [-0.39, 0.29) is 29.7 Å². The van der Waals surface area contributed by atoms with Gasteiger partial charge < -0.3 is 10.1 Å². The Morgan fingerprint density at radius 3 is 2.57 bits per heavy atom. The molecule has 0 fully saturated rings. The van der Waals surface area contributed by atoms with E-state index in [4.69, 9.17) is 4.74 Å². The summed E-state index contributed by atoms with van der Waals surface area (Å²) in [6.45, 7) is 9.28. The van der Waals surface area contributed by atoms with E-state index in [1.54, 1.807) is 19.9 Å². The molecule has 1 aromatic heterocycles. The van der Waals surface area contributed by atoms with E-state index in [0.717, 1.165) is 12.1 Å². The Balaban J connectivity index is 1.92. The molecule has 6 nitrogen and oxygen atoms in total. The first-order valence-electron chi connectivity index (χ1n) is 9.68. The summed E-state index contributed by atoms with van der Waals surface area (Å²) >= 11 is 0. The molecule has 1 aliphatic rings. The Kier molecular flexibility index (Phi) is 5.78. The molecular formula is C22H25F2N3O3. The monoisotopic (exact) mass is 417 g/mol. The minimum atomic E-state index is -0.979. The number of nitrogens with zero attached hydrogens (tertiary/aromatic N) is 2. The van der Waals surface area contributed by atoms with E-state index in [0.29, 0.717) is 29.1 Å². The molecule has 0 spiro atoms. The van der Waals surface area contributed by atoms with Crippen molar-refractivity contribution in [2.75, 3.05) is 10.2 Å². The van der Waals surface area contributed by atoms with E-state index < -0.39 is 17.7 Å². The van der Waals surface area contributed by atoms with Crippen LogP contribution in [0.2, 0.25) is 0 Å². The minimum absolute atomic E-state index is 0.0353. The van der Waals surface area contributed by atoms with Crippen LogP contribution in [-0.2, 0) is 16.1 Å². The summed E-state index contributed by atoms with van der Waals surface area (Å²) in [6, 6.07) is 5.20. The van der Waals surface area contributed by atoms with Crippen molar-refractivity contribution in [3.8, 4) is 5.88 Å². The maximum Gasteiger partial charge on any atom is 0.268 e. The van der Waals surface area contributed by atoms with Crippen LogP contribution in [0.25, 0.3) is 0 Å². The fourth-order valence-electron chi connectivity index (χ4n) is 3.19. The standard InChI is InChI=1S/C22H25F2N3O3/c1-12-8-17-20(26-19(12)25-18(28)10-22(3,4)5)30-13(2)21(29)27(17)11-14-6-7-15(23)16(24)9-14/h6-9,13H,10-11H2,1-5H3,(H,25,26,28). The van der Waals surface area contributed by atoms with Gasteiger partial charge in [-0.05, 0) is 48.6 Å². The number of anilines is 2. The second-order valence-corrected chi connectivity index (χ2v) is 8.70. The van der Waals surface area contributed by atoms with Gasteiger partial charge in [-0.2, -0.15) is 4.98 Å². The first kappa shape index (κ1) is 21.7. The molecule has 1 aliphatic heterocycles. The number of nitrogens with one attached hydrogen (secondary N) is 1. The van der Waals surface area contributed by atoms with Crippen molar-refractivity contribution in [3.05, 3.63) is 47.0 Å². The molecule has 0 aliphatic carbocycles. The molecule has 0 radical (unpaired) electrons. The second kappa shape index (κ2) is 8.01. The maximum atomic E-state index is 13.6. The molecule has 2 heterocycles. The van der Waals surface area contributed by atoms with Gasteiger partial charge in [0.2, 0.25) is 11.8 Å². The number of halogens is 2. The summed E-state index contributed by atoms with van der Waals surface area (Å²) in [7, 11) is 0. The van der Waals surface area contributed by atoms with Gasteiger partial charge in [-0.25, -0.2) is 8.78 Å². The van der Waals surface area contributed by atoms with Crippen LogP contribution in [0.3, 0.4) is 0 Å². The number of aromatic nitrogens is 1. The molecule has 30 heavy (non-hydrogen) atoms. The molecule has 160 valence electrons. The van der Waals surface area contributed by atoms with Crippen LogP contribution < -0.4 is 15.0 Å². The van der Waals surface area contributed by atoms with E-state index in [1.807, 2.05) is 20.8 Å². The number of rotatable bonds is 4. The van der Waals surface area contributed by atoms with Gasteiger partial charge >= 0.3 is 0 Å². The van der Waals surface area contributed by atoms with Crippen LogP contribution in [-0.4, -0.2) is 22.9 Å². The smallest absolute Gasteiger partial charge is 0.268 e. The molecule has 2 aromatic rings. The lowest BCUT2D eigenvalue weighted by Gasteiger charge is -2.33. The van der Waals surface area contributed by atoms with Gasteiger partial charge in [-0.15, -0.1) is 0 Å². The number of pyridine rings is 1. The van der Waals surface area contributed by atoms with Gasteiger partial charge in [0.1, 0.15) is 11.5 Å². The van der Waals surface area contributed by atoms with Crippen molar-refractivity contribution in [2.24, 2.45) is 5.41 Å². The van der Waals surface area contributed by atoms with E-state index >= 15 is 0 Å². The molecule has 2 amide bonds. The van der Waals surface area contributed by atoms with Gasteiger partial charge in [-0.3, -0.25) is 14.5 Å². The number of hydrogen-bond acceptors (Lipinski definition) is 4. The van der Waals surface area contributed by atoms with Crippen LogP contribution >= 0.6 is 0 Å². The van der Waals surface area contributed by atoms with E-state index in [9.17, 15) is 18.4 Å². The van der Waals surface area contributed by atoms with E-state index in [1.165, 1.54) is 11.0 Å². The Hall–Kier alpha value is -3.03. The van der Waals surface area contributed by atoms with Crippen molar-refractivity contribution in [1.29, 1.82) is 0 Å². The number of hydrogen-bond donors (Lipinski definition) is 1. The predicted molar refractivity (Wildman–Crippen MR) is 109 cm³/mol. The lowest BCUT2D eigenvalue weighted by molar-refractivity contribution is -0.126. The number of fused-ring (bicyclic) bond motifs is 1. The highest BCUT2D eigenvalue weighted by molar-refractivity contribution is 6.00. The highest BCUT2D eigenvalue weighted by Gasteiger charge is 2.33. The SMILES string of the molecule is Cc1cc2c(nc1NC(=O)CC(C)(C)C)OC(C)C(=O)N2Cc1ccc(F)c(F)c1. The minimum Gasteiger partial charge on any atom is -0.463 e. The third-order valence-electron chi connectivity index (χ3n) is 4.63. The fourth-order valence-corrected chi connectivity index (χ4v) is 3.19. The van der Waals surface area contributed by atoms with Crippen molar-refractivity contribution in [2.45, 2.75) is 53.7 Å². The quantitative estimate of drug-likeness (QED) is 0.803. The third kappa shape index (κ3) is 4.75. The van der Waals surface area contributed by atoms with Crippen molar-refractivity contribution in [3.63, 3.8) is 0 Å². The van der Waals surface area contributed by atoms with Gasteiger partial charge in [-0.1, -0.05) is 26.8 Å². The molecule has 1 N–H and O–H groups in total. The van der Waals surface area contributed by atoms with E-state index in [2.05, 4.69) is 10.3 Å². The maximum absolute atomic E-state index is 13.6. The zero-order valence-corrected chi connectivity index (χ0v) is 17.7. The summed E-state index contributed by atoms with van der Waals surface area (Å²) in [4.78, 5) is 30.9. The van der Waals surface area contributed by atoms with Crippen molar-refractivity contribution >= 4 is 23.3 Å². The molecule has 1 unspecified atom stereocenters. The molecule has 3 rings (SSSR count). The Bertz CT molecular complexity index is 1000.